The number of benzene rings is 1. The number of hydrogen-bond acceptors (Lipinski definition) is 5. The van der Waals surface area contributed by atoms with Crippen molar-refractivity contribution in [2.24, 2.45) is 7.05 Å². The first-order valence-corrected chi connectivity index (χ1v) is 9.94. The van der Waals surface area contributed by atoms with Gasteiger partial charge in [-0.1, -0.05) is 0 Å². The SMILES string of the molecule is Cn1cc(S(=O)(=O)Nc2ccc(S(=O)(=O)Cl)c(Br)c2)cn1. The molecule has 0 atom stereocenters. The van der Waals surface area contributed by atoms with E-state index in [0.29, 0.717) is 0 Å². The van der Waals surface area contributed by atoms with Gasteiger partial charge in [0, 0.05) is 28.4 Å². The van der Waals surface area contributed by atoms with Crippen LogP contribution in [0.4, 0.5) is 5.69 Å². The zero-order chi connectivity index (χ0) is 15.8. The lowest BCUT2D eigenvalue weighted by molar-refractivity contribution is 0.601. The van der Waals surface area contributed by atoms with Crippen LogP contribution >= 0.6 is 26.6 Å². The van der Waals surface area contributed by atoms with Crippen molar-refractivity contribution in [3.63, 3.8) is 0 Å². The van der Waals surface area contributed by atoms with Gasteiger partial charge in [-0.2, -0.15) is 5.10 Å². The summed E-state index contributed by atoms with van der Waals surface area (Å²) in [5.74, 6) is 0. The van der Waals surface area contributed by atoms with E-state index in [1.807, 2.05) is 0 Å². The number of hydrogen-bond donors (Lipinski definition) is 1. The first-order valence-electron chi connectivity index (χ1n) is 5.35. The predicted molar refractivity (Wildman–Crippen MR) is 81.2 cm³/mol. The number of aromatic nitrogens is 2. The molecule has 0 aliphatic rings. The maximum Gasteiger partial charge on any atom is 0.265 e. The van der Waals surface area contributed by atoms with Crippen LogP contribution in [0.25, 0.3) is 0 Å². The molecule has 21 heavy (non-hydrogen) atoms. The number of nitrogens with zero attached hydrogens (tertiary/aromatic N) is 2. The average molecular weight is 415 g/mol. The fraction of sp³-hybridized carbons (Fsp3) is 0.100. The first-order chi connectivity index (χ1) is 9.59. The highest BCUT2D eigenvalue weighted by molar-refractivity contribution is 9.10. The molecule has 0 aliphatic heterocycles. The van der Waals surface area contributed by atoms with Gasteiger partial charge in [-0.25, -0.2) is 16.8 Å². The lowest BCUT2D eigenvalue weighted by Gasteiger charge is -2.08. The predicted octanol–water partition coefficient (Wildman–Crippen LogP) is 1.91. The normalized spacial score (nSPS) is 12.3. The van der Waals surface area contributed by atoms with Crippen molar-refractivity contribution in [3.8, 4) is 0 Å². The smallest absolute Gasteiger partial charge is 0.265 e. The Morgan fingerprint density at radius 3 is 2.43 bits per heavy atom. The molecule has 7 nitrogen and oxygen atoms in total. The Balaban J connectivity index is 2.35. The van der Waals surface area contributed by atoms with Gasteiger partial charge in [0.15, 0.2) is 0 Å². The molecule has 1 N–H and O–H groups in total. The minimum atomic E-state index is -3.91. The van der Waals surface area contributed by atoms with Crippen molar-refractivity contribution < 1.29 is 16.8 Å². The molecule has 0 saturated carbocycles. The molecule has 1 aromatic heterocycles. The number of halogens is 2. The summed E-state index contributed by atoms with van der Waals surface area (Å²) < 4.78 is 50.5. The van der Waals surface area contributed by atoms with Gasteiger partial charge in [-0.15, -0.1) is 0 Å². The van der Waals surface area contributed by atoms with Crippen LogP contribution in [-0.4, -0.2) is 26.6 Å². The largest absolute Gasteiger partial charge is 0.279 e. The molecule has 11 heteroatoms. The van der Waals surface area contributed by atoms with Crippen molar-refractivity contribution in [2.75, 3.05) is 4.72 Å². The Bertz CT molecular complexity index is 893. The molecule has 2 rings (SSSR count). The third-order valence-electron chi connectivity index (χ3n) is 2.44. The van der Waals surface area contributed by atoms with Gasteiger partial charge >= 0.3 is 0 Å². The zero-order valence-electron chi connectivity index (χ0n) is 10.5. The van der Waals surface area contributed by atoms with Crippen molar-refractivity contribution in [3.05, 3.63) is 35.1 Å². The van der Waals surface area contributed by atoms with Gasteiger partial charge in [-0.05, 0) is 34.1 Å². The monoisotopic (exact) mass is 413 g/mol. The van der Waals surface area contributed by atoms with Crippen LogP contribution in [0.5, 0.6) is 0 Å². The summed E-state index contributed by atoms with van der Waals surface area (Å²) in [4.78, 5) is -0.149. The second-order valence-electron chi connectivity index (χ2n) is 4.04. The Morgan fingerprint density at radius 2 is 1.95 bits per heavy atom. The molecule has 0 fully saturated rings. The van der Waals surface area contributed by atoms with E-state index in [1.165, 1.54) is 35.3 Å². The number of anilines is 1. The van der Waals surface area contributed by atoms with Gasteiger partial charge in [0.05, 0.1) is 16.8 Å². The van der Waals surface area contributed by atoms with Gasteiger partial charge in [-0.3, -0.25) is 9.40 Å². The van der Waals surface area contributed by atoms with Crippen LogP contribution in [0.2, 0.25) is 0 Å². The second-order valence-corrected chi connectivity index (χ2v) is 9.11. The minimum Gasteiger partial charge on any atom is -0.279 e. The highest BCUT2D eigenvalue weighted by atomic mass is 79.9. The van der Waals surface area contributed by atoms with Crippen molar-refractivity contribution in [1.29, 1.82) is 0 Å². The molecule has 0 bridgehead atoms. The van der Waals surface area contributed by atoms with Gasteiger partial charge < -0.3 is 0 Å². The van der Waals surface area contributed by atoms with Gasteiger partial charge in [0.2, 0.25) is 0 Å². The molecular weight excluding hydrogens is 406 g/mol. The molecule has 2 aromatic rings. The van der Waals surface area contributed by atoms with Crippen LogP contribution in [-0.2, 0) is 26.1 Å². The van der Waals surface area contributed by atoms with Crippen LogP contribution in [0.1, 0.15) is 0 Å². The maximum atomic E-state index is 12.1. The van der Waals surface area contributed by atoms with E-state index in [2.05, 4.69) is 25.8 Å². The highest BCUT2D eigenvalue weighted by Crippen LogP contribution is 2.28. The third kappa shape index (κ3) is 3.76. The average Bonchev–Trinajstić information content (AvgIpc) is 2.74. The van der Waals surface area contributed by atoms with Crippen molar-refractivity contribution in [1.82, 2.24) is 9.78 Å². The quantitative estimate of drug-likeness (QED) is 0.771. The number of sulfonamides is 1. The van der Waals surface area contributed by atoms with Crippen LogP contribution in [0.3, 0.4) is 0 Å². The summed E-state index contributed by atoms with van der Waals surface area (Å²) in [5, 5.41) is 3.78. The van der Waals surface area contributed by atoms with E-state index in [4.69, 9.17) is 10.7 Å². The zero-order valence-corrected chi connectivity index (χ0v) is 14.5. The van der Waals surface area contributed by atoms with Crippen molar-refractivity contribution >= 4 is 51.4 Å². The van der Waals surface area contributed by atoms with Crippen LogP contribution in [0.15, 0.2) is 44.9 Å². The maximum absolute atomic E-state index is 12.1. The Hall–Kier alpha value is -1.10. The Labute approximate surface area is 134 Å². The fourth-order valence-corrected chi connectivity index (χ4v) is 4.77. The summed E-state index contributed by atoms with van der Waals surface area (Å²) in [6.45, 7) is 0. The third-order valence-corrected chi connectivity index (χ3v) is 6.07. The van der Waals surface area contributed by atoms with Gasteiger partial charge in [0.1, 0.15) is 4.90 Å². The van der Waals surface area contributed by atoms with E-state index in [1.54, 1.807) is 7.05 Å². The molecule has 1 aromatic carbocycles. The Kier molecular flexibility index (Phi) is 4.34. The molecule has 0 radical (unpaired) electrons. The minimum absolute atomic E-state index is 0.00448. The summed E-state index contributed by atoms with van der Waals surface area (Å²) in [6, 6.07) is 3.81. The summed E-state index contributed by atoms with van der Waals surface area (Å²) in [6.07, 6.45) is 2.55. The lowest BCUT2D eigenvalue weighted by Crippen LogP contribution is -2.12. The molecule has 0 aliphatic carbocycles. The van der Waals surface area contributed by atoms with E-state index in [-0.39, 0.29) is 20.0 Å². The molecular formula is C10H9BrClN3O4S2. The van der Waals surface area contributed by atoms with E-state index < -0.39 is 19.1 Å². The number of aryl methyl sites for hydroxylation is 1. The molecule has 114 valence electrons. The summed E-state index contributed by atoms with van der Waals surface area (Å²) >= 11 is 3.04. The second kappa shape index (κ2) is 5.59. The molecule has 0 saturated heterocycles. The van der Waals surface area contributed by atoms with E-state index in [9.17, 15) is 16.8 Å². The fourth-order valence-electron chi connectivity index (χ4n) is 1.51. The molecule has 0 unspecified atom stereocenters. The molecule has 0 spiro atoms. The Morgan fingerprint density at radius 1 is 1.29 bits per heavy atom. The topological polar surface area (TPSA) is 98.1 Å². The van der Waals surface area contributed by atoms with E-state index in [0.717, 1.165) is 0 Å². The summed E-state index contributed by atoms with van der Waals surface area (Å²) in [5.41, 5.74) is 0.190. The van der Waals surface area contributed by atoms with E-state index >= 15 is 0 Å². The number of rotatable bonds is 4. The molecule has 0 amide bonds. The standard InChI is InChI=1S/C10H9BrClN3O4S2/c1-15-6-8(5-13-15)21(18,19)14-7-2-3-10(9(11)4-7)20(12,16)17/h2-6,14H,1H3. The van der Waals surface area contributed by atoms with Gasteiger partial charge in [0.25, 0.3) is 19.1 Å². The summed E-state index contributed by atoms with van der Waals surface area (Å²) in [7, 11) is -0.869. The van der Waals surface area contributed by atoms with Crippen LogP contribution in [0, 0.1) is 0 Å². The molecule has 1 heterocycles. The lowest BCUT2D eigenvalue weighted by atomic mass is 10.3. The van der Waals surface area contributed by atoms with Crippen LogP contribution < -0.4 is 4.72 Å². The van der Waals surface area contributed by atoms with Crippen molar-refractivity contribution in [2.45, 2.75) is 9.79 Å². The first kappa shape index (κ1) is 16.3. The highest BCUT2D eigenvalue weighted by Gasteiger charge is 2.19. The number of nitrogens with one attached hydrogen (secondary N) is 1.